The van der Waals surface area contributed by atoms with Gasteiger partial charge in [0.15, 0.2) is 0 Å². The van der Waals surface area contributed by atoms with Gasteiger partial charge in [0.2, 0.25) is 0 Å². The quantitative estimate of drug-likeness (QED) is 0.745. The van der Waals surface area contributed by atoms with Crippen LogP contribution in [0.1, 0.15) is 38.4 Å². The highest BCUT2D eigenvalue weighted by Gasteiger charge is 2.28. The molecular formula is C11H18BrN3. The van der Waals surface area contributed by atoms with Gasteiger partial charge in [0.05, 0.1) is 0 Å². The van der Waals surface area contributed by atoms with Crippen LogP contribution in [-0.2, 0) is 13.0 Å². The molecule has 1 aromatic rings. The van der Waals surface area contributed by atoms with Gasteiger partial charge in [0, 0.05) is 17.8 Å². The molecule has 0 saturated heterocycles. The van der Waals surface area contributed by atoms with Crippen LogP contribution in [0.15, 0.2) is 6.33 Å². The van der Waals surface area contributed by atoms with Gasteiger partial charge >= 0.3 is 0 Å². The lowest BCUT2D eigenvalue weighted by Gasteiger charge is -2.07. The summed E-state index contributed by atoms with van der Waals surface area (Å²) in [6.07, 6.45) is 8.03. The summed E-state index contributed by atoms with van der Waals surface area (Å²) in [5.41, 5.74) is 0. The minimum atomic E-state index is 0.732. The first-order chi connectivity index (χ1) is 7.31. The Morgan fingerprint density at radius 1 is 1.60 bits per heavy atom. The zero-order valence-electron chi connectivity index (χ0n) is 9.19. The van der Waals surface area contributed by atoms with Crippen LogP contribution in [0.5, 0.6) is 0 Å². The largest absolute Gasteiger partial charge is 0.250 e. The number of aromatic nitrogens is 3. The van der Waals surface area contributed by atoms with Gasteiger partial charge in [-0.05, 0) is 38.5 Å². The van der Waals surface area contributed by atoms with Crippen LogP contribution in [0.25, 0.3) is 0 Å². The summed E-state index contributed by atoms with van der Waals surface area (Å²) in [5, 5.41) is 4.17. The molecule has 2 rings (SSSR count). The van der Waals surface area contributed by atoms with E-state index >= 15 is 0 Å². The Kier molecular flexibility index (Phi) is 3.78. The first-order valence-corrected chi connectivity index (χ1v) is 6.73. The van der Waals surface area contributed by atoms with Crippen LogP contribution in [0.2, 0.25) is 0 Å². The molecule has 1 aromatic heterocycles. The Hall–Kier alpha value is -0.380. The molecule has 1 atom stereocenters. The van der Waals surface area contributed by atoms with Gasteiger partial charge in [-0.15, -0.1) is 0 Å². The second-order valence-corrected chi connectivity index (χ2v) is 5.41. The Bertz CT molecular complexity index is 307. The molecule has 1 aliphatic carbocycles. The molecule has 1 unspecified atom stereocenters. The molecule has 0 amide bonds. The van der Waals surface area contributed by atoms with Crippen LogP contribution < -0.4 is 0 Å². The molecule has 0 bridgehead atoms. The predicted octanol–water partition coefficient (Wildman–Crippen LogP) is 2.79. The number of hydrogen-bond donors (Lipinski definition) is 0. The van der Waals surface area contributed by atoms with Gasteiger partial charge in [0.25, 0.3) is 0 Å². The number of hydrogen-bond acceptors (Lipinski definition) is 2. The third kappa shape index (κ3) is 3.03. The van der Waals surface area contributed by atoms with Gasteiger partial charge in [-0.3, -0.25) is 4.68 Å². The van der Waals surface area contributed by atoms with Crippen molar-refractivity contribution in [3.63, 3.8) is 0 Å². The van der Waals surface area contributed by atoms with Crippen molar-refractivity contribution in [2.45, 2.75) is 50.4 Å². The summed E-state index contributed by atoms with van der Waals surface area (Å²) in [5.74, 6) is 2.09. The minimum absolute atomic E-state index is 0.732. The summed E-state index contributed by atoms with van der Waals surface area (Å²) >= 11 is 3.76. The average Bonchev–Trinajstić information content (AvgIpc) is 2.99. The van der Waals surface area contributed by atoms with E-state index in [2.05, 4.69) is 32.9 Å². The molecule has 4 heteroatoms. The van der Waals surface area contributed by atoms with Gasteiger partial charge in [-0.2, -0.15) is 5.10 Å². The third-order valence-corrected chi connectivity index (χ3v) is 4.21. The van der Waals surface area contributed by atoms with E-state index in [1.54, 1.807) is 6.33 Å². The number of aryl methyl sites for hydroxylation is 2. The molecule has 0 aromatic carbocycles. The van der Waals surface area contributed by atoms with Crippen molar-refractivity contribution in [2.75, 3.05) is 0 Å². The molecule has 0 spiro atoms. The molecule has 0 N–H and O–H groups in total. The maximum absolute atomic E-state index is 4.28. The van der Waals surface area contributed by atoms with Crippen LogP contribution in [0.3, 0.4) is 0 Å². The SMILES string of the molecule is CCn1ncnc1CCCC(Br)C1CC1. The molecule has 0 radical (unpaired) electrons. The average molecular weight is 272 g/mol. The van der Waals surface area contributed by atoms with E-state index in [1.807, 2.05) is 4.68 Å². The minimum Gasteiger partial charge on any atom is -0.250 e. The fourth-order valence-corrected chi connectivity index (χ4v) is 2.75. The van der Waals surface area contributed by atoms with Crippen molar-refractivity contribution in [3.05, 3.63) is 12.2 Å². The molecule has 1 fully saturated rings. The summed E-state index contributed by atoms with van der Waals surface area (Å²) in [4.78, 5) is 5.01. The van der Waals surface area contributed by atoms with E-state index in [4.69, 9.17) is 0 Å². The number of alkyl halides is 1. The standard InChI is InChI=1S/C11H18BrN3/c1-2-15-11(13-8-14-15)5-3-4-10(12)9-6-7-9/h8-10H,2-7H2,1H3. The number of halogens is 1. The van der Waals surface area contributed by atoms with Crippen molar-refractivity contribution in [1.29, 1.82) is 0 Å². The summed E-state index contributed by atoms with van der Waals surface area (Å²) in [6, 6.07) is 0. The first-order valence-electron chi connectivity index (χ1n) is 5.82. The molecule has 1 aliphatic rings. The van der Waals surface area contributed by atoms with Crippen LogP contribution >= 0.6 is 15.9 Å². The van der Waals surface area contributed by atoms with E-state index in [1.165, 1.54) is 25.7 Å². The fraction of sp³-hybridized carbons (Fsp3) is 0.818. The topological polar surface area (TPSA) is 30.7 Å². The lowest BCUT2D eigenvalue weighted by molar-refractivity contribution is 0.581. The monoisotopic (exact) mass is 271 g/mol. The van der Waals surface area contributed by atoms with Gasteiger partial charge in [-0.25, -0.2) is 4.98 Å². The summed E-state index contributed by atoms with van der Waals surface area (Å²) in [7, 11) is 0. The predicted molar refractivity (Wildman–Crippen MR) is 64.1 cm³/mol. The number of nitrogens with zero attached hydrogens (tertiary/aromatic N) is 3. The van der Waals surface area contributed by atoms with E-state index < -0.39 is 0 Å². The maximum Gasteiger partial charge on any atom is 0.138 e. The third-order valence-electron chi connectivity index (χ3n) is 3.01. The van der Waals surface area contributed by atoms with Gasteiger partial charge in [0.1, 0.15) is 12.2 Å². The second-order valence-electron chi connectivity index (χ2n) is 4.24. The highest BCUT2D eigenvalue weighted by molar-refractivity contribution is 9.09. The zero-order valence-corrected chi connectivity index (χ0v) is 10.8. The molecule has 3 nitrogen and oxygen atoms in total. The summed E-state index contributed by atoms with van der Waals surface area (Å²) < 4.78 is 1.99. The van der Waals surface area contributed by atoms with Crippen molar-refractivity contribution >= 4 is 15.9 Å². The van der Waals surface area contributed by atoms with Gasteiger partial charge < -0.3 is 0 Å². The molecule has 1 saturated carbocycles. The Morgan fingerprint density at radius 3 is 3.07 bits per heavy atom. The normalized spacial score (nSPS) is 18.0. The summed E-state index contributed by atoms with van der Waals surface area (Å²) in [6.45, 7) is 3.03. The first kappa shape index (κ1) is 11.1. The number of rotatable bonds is 6. The van der Waals surface area contributed by atoms with Crippen LogP contribution in [0.4, 0.5) is 0 Å². The van der Waals surface area contributed by atoms with Crippen molar-refractivity contribution in [3.8, 4) is 0 Å². The van der Waals surface area contributed by atoms with E-state index in [-0.39, 0.29) is 0 Å². The Labute approximate surface area is 99.4 Å². The van der Waals surface area contributed by atoms with Crippen LogP contribution in [0, 0.1) is 5.92 Å². The van der Waals surface area contributed by atoms with Gasteiger partial charge in [-0.1, -0.05) is 15.9 Å². The maximum atomic E-state index is 4.28. The highest BCUT2D eigenvalue weighted by Crippen LogP contribution is 2.38. The molecule has 0 aliphatic heterocycles. The van der Waals surface area contributed by atoms with Crippen molar-refractivity contribution < 1.29 is 0 Å². The molecular weight excluding hydrogens is 254 g/mol. The highest BCUT2D eigenvalue weighted by atomic mass is 79.9. The fourth-order valence-electron chi connectivity index (χ4n) is 1.89. The zero-order chi connectivity index (χ0) is 10.7. The van der Waals surface area contributed by atoms with E-state index in [9.17, 15) is 0 Å². The van der Waals surface area contributed by atoms with Crippen LogP contribution in [-0.4, -0.2) is 19.6 Å². The molecule has 15 heavy (non-hydrogen) atoms. The smallest absolute Gasteiger partial charge is 0.138 e. The lowest BCUT2D eigenvalue weighted by Crippen LogP contribution is -2.06. The molecule has 84 valence electrons. The Balaban J connectivity index is 1.72. The second kappa shape index (κ2) is 5.10. The Morgan fingerprint density at radius 2 is 2.40 bits per heavy atom. The molecule has 1 heterocycles. The van der Waals surface area contributed by atoms with E-state index in [0.717, 1.165) is 29.5 Å². The van der Waals surface area contributed by atoms with Crippen molar-refractivity contribution in [2.24, 2.45) is 5.92 Å². The van der Waals surface area contributed by atoms with E-state index in [0.29, 0.717) is 0 Å². The van der Waals surface area contributed by atoms with Crippen molar-refractivity contribution in [1.82, 2.24) is 14.8 Å². The lowest BCUT2D eigenvalue weighted by atomic mass is 10.1.